The number of hydrogen-bond acceptors (Lipinski definition) is 4. The molecule has 1 aromatic heterocycles. The van der Waals surface area contributed by atoms with Gasteiger partial charge in [0.25, 0.3) is 0 Å². The summed E-state index contributed by atoms with van der Waals surface area (Å²) >= 11 is 0. The average Bonchev–Trinajstić information content (AvgIpc) is 2.62. The van der Waals surface area contributed by atoms with Gasteiger partial charge in [-0.15, -0.1) is 0 Å². The second kappa shape index (κ2) is 7.88. The fraction of sp³-hybridized carbons (Fsp3) is 0.368. The minimum atomic E-state index is -0.250. The third-order valence-corrected chi connectivity index (χ3v) is 4.22. The lowest BCUT2D eigenvalue weighted by atomic mass is 10.1. The zero-order valence-electron chi connectivity index (χ0n) is 14.7. The van der Waals surface area contributed by atoms with Crippen molar-refractivity contribution in [3.05, 3.63) is 47.2 Å². The van der Waals surface area contributed by atoms with Gasteiger partial charge in [0.05, 0.1) is 12.8 Å². The minimum Gasteiger partial charge on any atom is -0.495 e. The van der Waals surface area contributed by atoms with Gasteiger partial charge in [-0.1, -0.05) is 12.1 Å². The first-order valence-corrected chi connectivity index (χ1v) is 8.58. The molecule has 0 aliphatic carbocycles. The molecule has 25 heavy (non-hydrogen) atoms. The van der Waals surface area contributed by atoms with Gasteiger partial charge in [0.1, 0.15) is 11.6 Å². The Kier molecular flexibility index (Phi) is 5.38. The average molecular weight is 340 g/mol. The minimum absolute atomic E-state index is 0.250. The van der Waals surface area contributed by atoms with Crippen LogP contribution in [0.5, 0.6) is 5.75 Å². The Morgan fingerprint density at radius 1 is 1.32 bits per heavy atom. The molecular weight excluding hydrogens is 316 g/mol. The normalized spacial score (nSPS) is 12.7. The predicted molar refractivity (Wildman–Crippen MR) is 99.5 cm³/mol. The van der Waals surface area contributed by atoms with E-state index in [0.29, 0.717) is 24.4 Å². The number of nitrogens with zero attached hydrogens (tertiary/aromatic N) is 1. The molecule has 1 aromatic carbocycles. The van der Waals surface area contributed by atoms with Crippen LogP contribution in [0.3, 0.4) is 0 Å². The number of aryl methyl sites for hydroxylation is 2. The topological polar surface area (TPSA) is 75.3 Å². The van der Waals surface area contributed by atoms with E-state index in [1.54, 1.807) is 7.11 Å². The zero-order valence-corrected chi connectivity index (χ0v) is 14.7. The molecule has 6 heteroatoms. The van der Waals surface area contributed by atoms with E-state index in [0.717, 1.165) is 36.5 Å². The van der Waals surface area contributed by atoms with E-state index in [2.05, 4.69) is 27.0 Å². The molecule has 0 fully saturated rings. The predicted octanol–water partition coefficient (Wildman–Crippen LogP) is 3.12. The molecule has 1 aliphatic heterocycles. The number of nitrogens with one attached hydrogen (secondary N) is 3. The van der Waals surface area contributed by atoms with Crippen LogP contribution in [0.4, 0.5) is 16.3 Å². The molecule has 0 bridgehead atoms. The summed E-state index contributed by atoms with van der Waals surface area (Å²) in [7, 11) is 1.59. The number of benzene rings is 1. The van der Waals surface area contributed by atoms with E-state index >= 15 is 0 Å². The number of methoxy groups -OCH3 is 1. The Morgan fingerprint density at radius 3 is 3.04 bits per heavy atom. The molecule has 2 amide bonds. The molecule has 1 aliphatic rings. The van der Waals surface area contributed by atoms with E-state index in [4.69, 9.17) is 4.74 Å². The number of hydrogen-bond donors (Lipinski definition) is 3. The molecule has 0 saturated carbocycles. The summed E-state index contributed by atoms with van der Waals surface area (Å²) in [6.07, 6.45) is 2.92. The highest BCUT2D eigenvalue weighted by Crippen LogP contribution is 2.25. The molecule has 6 nitrogen and oxygen atoms in total. The van der Waals surface area contributed by atoms with Gasteiger partial charge in [-0.3, -0.25) is 0 Å². The van der Waals surface area contributed by atoms with Gasteiger partial charge in [0, 0.05) is 25.2 Å². The quantitative estimate of drug-likeness (QED) is 0.782. The van der Waals surface area contributed by atoms with E-state index in [1.807, 2.05) is 31.2 Å². The summed E-state index contributed by atoms with van der Waals surface area (Å²) in [5, 5.41) is 9.02. The number of aromatic nitrogens is 1. The molecule has 0 unspecified atom stereocenters. The largest absolute Gasteiger partial charge is 0.495 e. The Bertz CT molecular complexity index is 761. The maximum Gasteiger partial charge on any atom is 0.319 e. The Balaban J connectivity index is 1.52. The van der Waals surface area contributed by atoms with Crippen LogP contribution in [0, 0.1) is 6.92 Å². The standard InChI is InChI=1S/C19H24N4O2/c1-13-5-8-17(25-2)16(12-13)23-19(24)21-11-9-15-7-6-14-4-3-10-20-18(14)22-15/h5-8,12H,3-4,9-11H2,1-2H3,(H,20,22)(H2,21,23,24). The van der Waals surface area contributed by atoms with Crippen LogP contribution in [0.1, 0.15) is 23.2 Å². The number of ether oxygens (including phenoxy) is 1. The van der Waals surface area contributed by atoms with Crippen molar-refractivity contribution >= 4 is 17.5 Å². The van der Waals surface area contributed by atoms with Crippen LogP contribution >= 0.6 is 0 Å². The Hall–Kier alpha value is -2.76. The van der Waals surface area contributed by atoms with Crippen molar-refractivity contribution in [1.29, 1.82) is 0 Å². The highest BCUT2D eigenvalue weighted by molar-refractivity contribution is 5.91. The van der Waals surface area contributed by atoms with E-state index in [1.165, 1.54) is 5.56 Å². The van der Waals surface area contributed by atoms with Crippen LogP contribution in [0.2, 0.25) is 0 Å². The lowest BCUT2D eigenvalue weighted by molar-refractivity contribution is 0.252. The van der Waals surface area contributed by atoms with E-state index in [-0.39, 0.29) is 6.03 Å². The second-order valence-corrected chi connectivity index (χ2v) is 6.18. The third kappa shape index (κ3) is 4.41. The van der Waals surface area contributed by atoms with Crippen molar-refractivity contribution in [2.45, 2.75) is 26.2 Å². The Morgan fingerprint density at radius 2 is 2.20 bits per heavy atom. The first-order valence-electron chi connectivity index (χ1n) is 8.58. The zero-order chi connectivity index (χ0) is 17.6. The number of carbonyl (C=O) groups excluding carboxylic acids is 1. The molecule has 0 saturated heterocycles. The van der Waals surface area contributed by atoms with Crippen molar-refractivity contribution in [3.8, 4) is 5.75 Å². The van der Waals surface area contributed by atoms with Gasteiger partial charge in [-0.05, 0) is 49.1 Å². The van der Waals surface area contributed by atoms with Crippen LogP contribution in [-0.4, -0.2) is 31.2 Å². The van der Waals surface area contributed by atoms with Crippen LogP contribution < -0.4 is 20.7 Å². The first-order chi connectivity index (χ1) is 12.2. The van der Waals surface area contributed by atoms with E-state index < -0.39 is 0 Å². The molecular formula is C19H24N4O2. The van der Waals surface area contributed by atoms with E-state index in [9.17, 15) is 4.79 Å². The van der Waals surface area contributed by atoms with Gasteiger partial charge in [-0.2, -0.15) is 0 Å². The van der Waals surface area contributed by atoms with Crippen molar-refractivity contribution in [2.24, 2.45) is 0 Å². The maximum absolute atomic E-state index is 12.1. The molecule has 3 rings (SSSR count). The smallest absolute Gasteiger partial charge is 0.319 e. The molecule has 0 atom stereocenters. The number of amides is 2. The van der Waals surface area contributed by atoms with Gasteiger partial charge in [0.15, 0.2) is 0 Å². The molecule has 2 heterocycles. The molecule has 3 N–H and O–H groups in total. The van der Waals surface area contributed by atoms with Gasteiger partial charge >= 0.3 is 6.03 Å². The van der Waals surface area contributed by atoms with Crippen molar-refractivity contribution in [2.75, 3.05) is 30.8 Å². The highest BCUT2D eigenvalue weighted by Gasteiger charge is 2.11. The van der Waals surface area contributed by atoms with Gasteiger partial charge in [0.2, 0.25) is 0 Å². The molecule has 2 aromatic rings. The number of urea groups is 1. The third-order valence-electron chi connectivity index (χ3n) is 4.22. The highest BCUT2D eigenvalue weighted by atomic mass is 16.5. The lowest BCUT2D eigenvalue weighted by Gasteiger charge is -2.17. The summed E-state index contributed by atoms with van der Waals surface area (Å²) in [6.45, 7) is 3.46. The van der Waals surface area contributed by atoms with Crippen LogP contribution in [-0.2, 0) is 12.8 Å². The maximum atomic E-state index is 12.1. The van der Waals surface area contributed by atoms with Crippen molar-refractivity contribution < 1.29 is 9.53 Å². The van der Waals surface area contributed by atoms with Gasteiger partial charge < -0.3 is 20.7 Å². The summed E-state index contributed by atoms with van der Waals surface area (Å²) in [4.78, 5) is 16.7. The first kappa shape index (κ1) is 17.1. The Labute approximate surface area is 148 Å². The molecule has 132 valence electrons. The number of pyridine rings is 1. The van der Waals surface area contributed by atoms with Gasteiger partial charge in [-0.25, -0.2) is 9.78 Å². The fourth-order valence-electron chi connectivity index (χ4n) is 2.90. The summed E-state index contributed by atoms with van der Waals surface area (Å²) in [5.41, 5.74) is 3.96. The number of carbonyl (C=O) groups is 1. The lowest BCUT2D eigenvalue weighted by Crippen LogP contribution is -2.30. The van der Waals surface area contributed by atoms with Crippen LogP contribution in [0.25, 0.3) is 0 Å². The SMILES string of the molecule is COc1ccc(C)cc1NC(=O)NCCc1ccc2c(n1)NCCC2. The summed E-state index contributed by atoms with van der Waals surface area (Å²) in [5.74, 6) is 1.63. The second-order valence-electron chi connectivity index (χ2n) is 6.18. The summed E-state index contributed by atoms with van der Waals surface area (Å²) in [6, 6.07) is 9.58. The summed E-state index contributed by atoms with van der Waals surface area (Å²) < 4.78 is 5.27. The molecule has 0 radical (unpaired) electrons. The number of anilines is 2. The van der Waals surface area contributed by atoms with Crippen molar-refractivity contribution in [1.82, 2.24) is 10.3 Å². The van der Waals surface area contributed by atoms with Crippen molar-refractivity contribution in [3.63, 3.8) is 0 Å². The monoisotopic (exact) mass is 340 g/mol. The van der Waals surface area contributed by atoms with Crippen LogP contribution in [0.15, 0.2) is 30.3 Å². The molecule has 0 spiro atoms. The number of rotatable bonds is 5. The fourth-order valence-corrected chi connectivity index (χ4v) is 2.90. The number of fused-ring (bicyclic) bond motifs is 1.